The zero-order valence-corrected chi connectivity index (χ0v) is 16.7. The molecule has 1 heterocycles. The number of aliphatic hydroxyl groups is 1. The highest BCUT2D eigenvalue weighted by Crippen LogP contribution is 2.44. The van der Waals surface area contributed by atoms with Gasteiger partial charge in [-0.2, -0.15) is 26.3 Å². The molecule has 4 nitrogen and oxygen atoms in total. The van der Waals surface area contributed by atoms with Crippen molar-refractivity contribution in [3.8, 4) is 0 Å². The summed E-state index contributed by atoms with van der Waals surface area (Å²) >= 11 is 5.67. The highest BCUT2D eigenvalue weighted by molar-refractivity contribution is 8.00. The Balaban J connectivity index is 2.82. The van der Waals surface area contributed by atoms with E-state index in [-0.39, 0.29) is 23.6 Å². The van der Waals surface area contributed by atoms with Crippen LogP contribution in [0.1, 0.15) is 24.6 Å². The van der Waals surface area contributed by atoms with E-state index in [4.69, 9.17) is 11.6 Å². The molecule has 1 aromatic heterocycles. The molecule has 28 heavy (non-hydrogen) atoms. The van der Waals surface area contributed by atoms with Gasteiger partial charge in [-0.05, 0) is 24.6 Å². The lowest BCUT2D eigenvalue weighted by Gasteiger charge is -2.28. The maximum atomic E-state index is 13.1. The zero-order valence-electron chi connectivity index (χ0n) is 14.3. The predicted molar refractivity (Wildman–Crippen MR) is 94.9 cm³/mol. The average Bonchev–Trinajstić information content (AvgIpc) is 2.89. The molecule has 1 N–H and O–H groups in total. The van der Waals surface area contributed by atoms with E-state index in [9.17, 15) is 39.9 Å². The third-order valence-corrected chi connectivity index (χ3v) is 6.65. The highest BCUT2D eigenvalue weighted by atomic mass is 35.5. The monoisotopic (exact) mass is 469 g/mol. The third-order valence-electron chi connectivity index (χ3n) is 3.84. The van der Waals surface area contributed by atoms with Crippen molar-refractivity contribution in [2.75, 3.05) is 12.0 Å². The first kappa shape index (κ1) is 23.2. The lowest BCUT2D eigenvalue weighted by Crippen LogP contribution is -2.29. The molecule has 0 saturated carbocycles. The summed E-state index contributed by atoms with van der Waals surface area (Å²) in [6.07, 6.45) is -9.20. The first-order valence-corrected chi connectivity index (χ1v) is 10.8. The van der Waals surface area contributed by atoms with Crippen LogP contribution in [0.3, 0.4) is 0 Å². The van der Waals surface area contributed by atoms with Gasteiger partial charge in [-0.25, -0.2) is 12.4 Å². The minimum absolute atomic E-state index is 0.0334. The summed E-state index contributed by atoms with van der Waals surface area (Å²) in [6.45, 7) is 1.32. The molecule has 1 aromatic carbocycles. The van der Waals surface area contributed by atoms with Crippen LogP contribution in [0, 0.1) is 0 Å². The van der Waals surface area contributed by atoms with Crippen molar-refractivity contribution in [3.05, 3.63) is 34.5 Å². The molecule has 2 rings (SSSR count). The fourth-order valence-electron chi connectivity index (χ4n) is 2.61. The summed E-state index contributed by atoms with van der Waals surface area (Å²) in [5.74, 6) is -1.49. The van der Waals surface area contributed by atoms with Crippen molar-refractivity contribution in [2.24, 2.45) is 0 Å². The van der Waals surface area contributed by atoms with Crippen LogP contribution in [0.15, 0.2) is 18.2 Å². The van der Waals surface area contributed by atoms with E-state index in [2.05, 4.69) is 0 Å². The van der Waals surface area contributed by atoms with Gasteiger partial charge in [0.2, 0.25) is 10.0 Å². The van der Waals surface area contributed by atoms with Gasteiger partial charge in [0.15, 0.2) is 4.93 Å². The molecule has 158 valence electrons. The van der Waals surface area contributed by atoms with Gasteiger partial charge in [0.05, 0.1) is 33.8 Å². The molecule has 0 saturated heterocycles. The van der Waals surface area contributed by atoms with Crippen LogP contribution in [0.5, 0.6) is 0 Å². The summed E-state index contributed by atoms with van der Waals surface area (Å²) in [7, 11) is -4.29. The summed E-state index contributed by atoms with van der Waals surface area (Å²) in [5.41, 5.74) is -2.25. The van der Waals surface area contributed by atoms with Crippen LogP contribution in [0.25, 0.3) is 10.9 Å². The Labute approximate surface area is 165 Å². The largest absolute Gasteiger partial charge is 0.417 e. The Hall–Kier alpha value is -1.11. The number of hydrogen-bond donors (Lipinski definition) is 1. The van der Waals surface area contributed by atoms with E-state index in [0.717, 1.165) is 12.1 Å². The number of fused-ring (bicyclic) bond motifs is 1. The second-order valence-electron chi connectivity index (χ2n) is 5.99. The molecule has 13 heteroatoms. The minimum Gasteiger partial charge on any atom is -0.374 e. The molecule has 0 radical (unpaired) electrons. The van der Waals surface area contributed by atoms with Gasteiger partial charge in [-0.1, -0.05) is 18.5 Å². The van der Waals surface area contributed by atoms with E-state index >= 15 is 0 Å². The van der Waals surface area contributed by atoms with Gasteiger partial charge in [0.25, 0.3) is 0 Å². The maximum Gasteiger partial charge on any atom is 0.417 e. The van der Waals surface area contributed by atoms with E-state index in [0.29, 0.717) is 16.3 Å². The van der Waals surface area contributed by atoms with E-state index in [1.807, 2.05) is 0 Å². The summed E-state index contributed by atoms with van der Waals surface area (Å²) in [4.78, 5) is -2.32. The predicted octanol–water partition coefficient (Wildman–Crippen LogP) is 4.97. The Kier molecular flexibility index (Phi) is 6.04. The molecule has 0 aliphatic rings. The van der Waals surface area contributed by atoms with Crippen LogP contribution < -0.4 is 0 Å². The van der Waals surface area contributed by atoms with Crippen molar-refractivity contribution >= 4 is 44.3 Å². The lowest BCUT2D eigenvalue weighted by molar-refractivity contribution is -0.137. The van der Waals surface area contributed by atoms with Crippen LogP contribution in [-0.2, 0) is 21.1 Å². The molecule has 0 spiro atoms. The quantitative estimate of drug-likeness (QED) is 0.496. The van der Waals surface area contributed by atoms with Gasteiger partial charge in [-0.15, -0.1) is 11.8 Å². The maximum absolute atomic E-state index is 13.1. The highest BCUT2D eigenvalue weighted by Gasteiger charge is 2.40. The second-order valence-corrected chi connectivity index (χ2v) is 9.48. The number of benzene rings is 1. The molecule has 0 aliphatic heterocycles. The van der Waals surface area contributed by atoms with E-state index < -0.39 is 54.9 Å². The van der Waals surface area contributed by atoms with Crippen LogP contribution in [0.4, 0.5) is 26.3 Å². The standard InChI is InChI=1S/C15H14ClF6NO3S2/c1-3-13(24,27-7-14(17,18)19)12-5-8-4-10(16)9(15(20,21)22)6-11(8)23(12)28(2,25)26/h4-6,24H,3,7H2,1-2H3. The van der Waals surface area contributed by atoms with Gasteiger partial charge in [0, 0.05) is 5.39 Å². The first-order valence-electron chi connectivity index (χ1n) is 7.56. The summed E-state index contributed by atoms with van der Waals surface area (Å²) in [5, 5.41) is 9.94. The van der Waals surface area contributed by atoms with Gasteiger partial charge < -0.3 is 5.11 Å². The molecule has 1 atom stereocenters. The molecule has 0 fully saturated rings. The Morgan fingerprint density at radius 3 is 2.14 bits per heavy atom. The Morgan fingerprint density at radius 2 is 1.71 bits per heavy atom. The fraction of sp³-hybridized carbons (Fsp3) is 0.467. The molecule has 0 amide bonds. The third kappa shape index (κ3) is 4.71. The minimum atomic E-state index is -4.88. The average molecular weight is 470 g/mol. The first-order chi connectivity index (χ1) is 12.5. The number of hydrogen-bond acceptors (Lipinski definition) is 4. The number of nitrogens with zero attached hydrogens (tertiary/aromatic N) is 1. The van der Waals surface area contributed by atoms with Crippen molar-refractivity contribution in [1.29, 1.82) is 0 Å². The summed E-state index contributed by atoms with van der Waals surface area (Å²) in [6, 6.07) is 2.37. The van der Waals surface area contributed by atoms with Gasteiger partial charge in [-0.3, -0.25) is 0 Å². The number of halogens is 7. The van der Waals surface area contributed by atoms with Crippen LogP contribution in [0.2, 0.25) is 5.02 Å². The van der Waals surface area contributed by atoms with Crippen LogP contribution in [-0.4, -0.2) is 35.7 Å². The molecule has 1 unspecified atom stereocenters. The lowest BCUT2D eigenvalue weighted by atomic mass is 10.1. The zero-order chi connectivity index (χ0) is 21.7. The van der Waals surface area contributed by atoms with Crippen molar-refractivity contribution < 1.29 is 39.9 Å². The topological polar surface area (TPSA) is 59.3 Å². The van der Waals surface area contributed by atoms with Crippen LogP contribution >= 0.6 is 23.4 Å². The number of alkyl halides is 6. The molecule has 0 aliphatic carbocycles. The summed E-state index contributed by atoms with van der Waals surface area (Å²) < 4.78 is 102. The normalized spacial score (nSPS) is 15.8. The number of rotatable bonds is 5. The molecular formula is C15H14ClF6NO3S2. The fourth-order valence-corrected chi connectivity index (χ4v) is 4.93. The second kappa shape index (κ2) is 7.29. The Bertz CT molecular complexity index is 1000. The van der Waals surface area contributed by atoms with E-state index in [1.165, 1.54) is 6.92 Å². The van der Waals surface area contributed by atoms with Gasteiger partial charge in [0.1, 0.15) is 0 Å². The SMILES string of the molecule is CCC(O)(SCC(F)(F)F)c1cc2cc(Cl)c(C(F)(F)F)cc2n1S(C)(=O)=O. The van der Waals surface area contributed by atoms with Crippen molar-refractivity contribution in [3.63, 3.8) is 0 Å². The molecule has 0 bridgehead atoms. The smallest absolute Gasteiger partial charge is 0.374 e. The van der Waals surface area contributed by atoms with Crippen molar-refractivity contribution in [1.82, 2.24) is 3.97 Å². The number of thioether (sulfide) groups is 1. The van der Waals surface area contributed by atoms with Gasteiger partial charge >= 0.3 is 12.4 Å². The molecular weight excluding hydrogens is 456 g/mol. The Morgan fingerprint density at radius 1 is 1.14 bits per heavy atom. The molecule has 2 aromatic rings. The van der Waals surface area contributed by atoms with E-state index in [1.54, 1.807) is 0 Å². The number of aromatic nitrogens is 1. The van der Waals surface area contributed by atoms with Crippen molar-refractivity contribution in [2.45, 2.75) is 30.6 Å².